The van der Waals surface area contributed by atoms with E-state index >= 15 is 0 Å². The zero-order valence-corrected chi connectivity index (χ0v) is 11.5. The second-order valence-electron chi connectivity index (χ2n) is 4.64. The molecular weight excluding hydrogens is 298 g/mol. The summed E-state index contributed by atoms with van der Waals surface area (Å²) in [6.07, 6.45) is 2.76. The highest BCUT2D eigenvalue weighted by atomic mass is 79.9. The summed E-state index contributed by atoms with van der Waals surface area (Å²) in [5.41, 5.74) is 0.274. The molecule has 4 nitrogen and oxygen atoms in total. The predicted octanol–water partition coefficient (Wildman–Crippen LogP) is 2.19. The van der Waals surface area contributed by atoms with Crippen LogP contribution < -0.4 is 5.32 Å². The van der Waals surface area contributed by atoms with Crippen molar-refractivity contribution >= 4 is 21.8 Å². The number of nitrogens with one attached hydrogen (secondary N) is 1. The molecule has 1 amide bonds. The van der Waals surface area contributed by atoms with E-state index in [1.54, 1.807) is 12.1 Å². The number of amides is 1. The molecule has 1 saturated carbocycles. The van der Waals surface area contributed by atoms with E-state index in [0.29, 0.717) is 0 Å². The molecule has 1 aliphatic carbocycles. The molecule has 98 valence electrons. The van der Waals surface area contributed by atoms with Gasteiger partial charge in [-0.1, -0.05) is 15.9 Å². The van der Waals surface area contributed by atoms with Crippen LogP contribution in [-0.2, 0) is 0 Å². The summed E-state index contributed by atoms with van der Waals surface area (Å²) in [4.78, 5) is 12.0. The standard InChI is InChI=1S/C13H16BrNO3/c14-8-1-6-12(17)11(7-8)13(18)15-9-2-4-10(16)5-3-9/h1,6-7,9-10,16-17H,2-5H2,(H,15,18). The first-order valence-electron chi connectivity index (χ1n) is 6.03. The van der Waals surface area contributed by atoms with Crippen LogP contribution in [0.4, 0.5) is 0 Å². The maximum atomic E-state index is 12.0. The molecule has 1 aromatic rings. The van der Waals surface area contributed by atoms with Gasteiger partial charge in [-0.3, -0.25) is 4.79 Å². The molecule has 5 heteroatoms. The van der Waals surface area contributed by atoms with E-state index in [1.807, 2.05) is 0 Å². The number of carbonyl (C=O) groups is 1. The first-order chi connectivity index (χ1) is 8.56. The molecule has 0 spiro atoms. The van der Waals surface area contributed by atoms with Crippen molar-refractivity contribution in [3.05, 3.63) is 28.2 Å². The van der Waals surface area contributed by atoms with Gasteiger partial charge >= 0.3 is 0 Å². The summed E-state index contributed by atoms with van der Waals surface area (Å²) in [5.74, 6) is -0.290. The number of rotatable bonds is 2. The van der Waals surface area contributed by atoms with Crippen molar-refractivity contribution in [1.29, 1.82) is 0 Å². The normalized spacial score (nSPS) is 23.7. The summed E-state index contributed by atoms with van der Waals surface area (Å²) >= 11 is 3.27. The Balaban J connectivity index is 2.01. The fourth-order valence-corrected chi connectivity index (χ4v) is 2.53. The Morgan fingerprint density at radius 3 is 2.61 bits per heavy atom. The number of phenolic OH excluding ortho intramolecular Hbond substituents is 1. The van der Waals surface area contributed by atoms with Crippen LogP contribution >= 0.6 is 15.9 Å². The summed E-state index contributed by atoms with van der Waals surface area (Å²) in [6.45, 7) is 0. The van der Waals surface area contributed by atoms with Crippen molar-refractivity contribution in [2.45, 2.75) is 37.8 Å². The van der Waals surface area contributed by atoms with E-state index in [-0.39, 0.29) is 29.4 Å². The maximum Gasteiger partial charge on any atom is 0.255 e. The van der Waals surface area contributed by atoms with Gasteiger partial charge in [0.05, 0.1) is 11.7 Å². The minimum absolute atomic E-state index is 0.0217. The molecule has 1 fully saturated rings. The van der Waals surface area contributed by atoms with Crippen molar-refractivity contribution in [3.8, 4) is 5.75 Å². The third-order valence-electron chi connectivity index (χ3n) is 3.24. The van der Waals surface area contributed by atoms with Crippen molar-refractivity contribution in [1.82, 2.24) is 5.32 Å². The van der Waals surface area contributed by atoms with Gasteiger partial charge in [-0.25, -0.2) is 0 Å². The predicted molar refractivity (Wildman–Crippen MR) is 71.5 cm³/mol. The van der Waals surface area contributed by atoms with Gasteiger partial charge < -0.3 is 15.5 Å². The molecule has 0 aliphatic heterocycles. The highest BCUT2D eigenvalue weighted by Crippen LogP contribution is 2.23. The van der Waals surface area contributed by atoms with Gasteiger partial charge in [0.15, 0.2) is 0 Å². The lowest BCUT2D eigenvalue weighted by atomic mass is 9.93. The molecule has 0 unspecified atom stereocenters. The number of halogens is 1. The highest BCUT2D eigenvalue weighted by molar-refractivity contribution is 9.10. The molecule has 3 N–H and O–H groups in total. The Kier molecular flexibility index (Phi) is 4.24. The molecule has 2 rings (SSSR count). The average Bonchev–Trinajstić information content (AvgIpc) is 2.35. The molecular formula is C13H16BrNO3. The van der Waals surface area contributed by atoms with E-state index in [0.717, 1.165) is 30.2 Å². The van der Waals surface area contributed by atoms with Gasteiger partial charge in [0.1, 0.15) is 5.75 Å². The molecule has 0 bridgehead atoms. The van der Waals surface area contributed by atoms with Crippen molar-refractivity contribution in [3.63, 3.8) is 0 Å². The van der Waals surface area contributed by atoms with E-state index < -0.39 is 0 Å². The van der Waals surface area contributed by atoms with Crippen molar-refractivity contribution in [2.24, 2.45) is 0 Å². The topological polar surface area (TPSA) is 69.6 Å². The molecule has 0 aromatic heterocycles. The second-order valence-corrected chi connectivity index (χ2v) is 5.56. The molecule has 18 heavy (non-hydrogen) atoms. The summed E-state index contributed by atoms with van der Waals surface area (Å²) in [7, 11) is 0. The lowest BCUT2D eigenvalue weighted by Gasteiger charge is -2.26. The Hall–Kier alpha value is -1.07. The minimum Gasteiger partial charge on any atom is -0.507 e. The molecule has 0 saturated heterocycles. The van der Waals surface area contributed by atoms with E-state index in [1.165, 1.54) is 6.07 Å². The zero-order chi connectivity index (χ0) is 13.1. The summed E-state index contributed by atoms with van der Waals surface area (Å²) in [5, 5.41) is 21.9. The van der Waals surface area contributed by atoms with Gasteiger partial charge in [0, 0.05) is 10.5 Å². The van der Waals surface area contributed by atoms with Gasteiger partial charge in [0.2, 0.25) is 0 Å². The van der Waals surface area contributed by atoms with Crippen LogP contribution in [0.3, 0.4) is 0 Å². The second kappa shape index (κ2) is 5.71. The van der Waals surface area contributed by atoms with Gasteiger partial charge in [0.25, 0.3) is 5.91 Å². The summed E-state index contributed by atoms with van der Waals surface area (Å²) < 4.78 is 0.754. The Labute approximate surface area is 114 Å². The first-order valence-corrected chi connectivity index (χ1v) is 6.83. The fraction of sp³-hybridized carbons (Fsp3) is 0.462. The quantitative estimate of drug-likeness (QED) is 0.784. The van der Waals surface area contributed by atoms with Crippen LogP contribution in [-0.4, -0.2) is 28.3 Å². The van der Waals surface area contributed by atoms with Crippen LogP contribution in [0, 0.1) is 0 Å². The Bertz CT molecular complexity index is 442. The van der Waals surface area contributed by atoms with Crippen LogP contribution in [0.2, 0.25) is 0 Å². The number of carbonyl (C=O) groups excluding carboxylic acids is 1. The van der Waals surface area contributed by atoms with Gasteiger partial charge in [-0.15, -0.1) is 0 Å². The van der Waals surface area contributed by atoms with Crippen LogP contribution in [0.15, 0.2) is 22.7 Å². The van der Waals surface area contributed by atoms with Crippen LogP contribution in [0.25, 0.3) is 0 Å². The lowest BCUT2D eigenvalue weighted by molar-refractivity contribution is 0.0865. The number of aliphatic hydroxyl groups is 1. The minimum atomic E-state index is -0.268. The first kappa shape index (κ1) is 13.4. The van der Waals surface area contributed by atoms with Gasteiger partial charge in [-0.05, 0) is 43.9 Å². The lowest BCUT2D eigenvalue weighted by Crippen LogP contribution is -2.38. The van der Waals surface area contributed by atoms with Crippen molar-refractivity contribution < 1.29 is 15.0 Å². The smallest absolute Gasteiger partial charge is 0.255 e. The number of aromatic hydroxyl groups is 1. The van der Waals surface area contributed by atoms with Crippen LogP contribution in [0.5, 0.6) is 5.75 Å². The van der Waals surface area contributed by atoms with Crippen LogP contribution in [0.1, 0.15) is 36.0 Å². The largest absolute Gasteiger partial charge is 0.507 e. The zero-order valence-electron chi connectivity index (χ0n) is 9.90. The van der Waals surface area contributed by atoms with E-state index in [2.05, 4.69) is 21.2 Å². The number of phenols is 1. The molecule has 1 aliphatic rings. The molecule has 0 atom stereocenters. The number of aliphatic hydroxyl groups excluding tert-OH is 1. The number of hydrogen-bond donors (Lipinski definition) is 3. The SMILES string of the molecule is O=C(NC1CCC(O)CC1)c1cc(Br)ccc1O. The fourth-order valence-electron chi connectivity index (χ4n) is 2.17. The van der Waals surface area contributed by atoms with Crippen molar-refractivity contribution in [2.75, 3.05) is 0 Å². The third kappa shape index (κ3) is 3.23. The summed E-state index contributed by atoms with van der Waals surface area (Å²) in [6, 6.07) is 4.86. The molecule has 0 heterocycles. The van der Waals surface area contributed by atoms with Gasteiger partial charge in [-0.2, -0.15) is 0 Å². The van der Waals surface area contributed by atoms with E-state index in [4.69, 9.17) is 0 Å². The number of hydrogen-bond acceptors (Lipinski definition) is 3. The molecule has 1 aromatic carbocycles. The Morgan fingerprint density at radius 1 is 1.28 bits per heavy atom. The Morgan fingerprint density at radius 2 is 1.94 bits per heavy atom. The average molecular weight is 314 g/mol. The third-order valence-corrected chi connectivity index (χ3v) is 3.73. The monoisotopic (exact) mass is 313 g/mol. The van der Waals surface area contributed by atoms with E-state index in [9.17, 15) is 15.0 Å². The molecule has 0 radical (unpaired) electrons. The highest BCUT2D eigenvalue weighted by Gasteiger charge is 2.22. The maximum absolute atomic E-state index is 12.0. The number of benzene rings is 1.